The van der Waals surface area contributed by atoms with Gasteiger partial charge in [0.2, 0.25) is 0 Å². The van der Waals surface area contributed by atoms with Gasteiger partial charge in [-0.1, -0.05) is 116 Å². The highest BCUT2D eigenvalue weighted by molar-refractivity contribution is 5.66. The molecule has 5 nitrogen and oxygen atoms in total. The lowest BCUT2D eigenvalue weighted by Gasteiger charge is -2.04. The van der Waals surface area contributed by atoms with Crippen molar-refractivity contribution in [1.29, 1.82) is 0 Å². The second kappa shape index (κ2) is 24.4. The minimum Gasteiger partial charge on any atom is -0.481 e. The van der Waals surface area contributed by atoms with Crippen molar-refractivity contribution in [1.82, 2.24) is 11.0 Å². The van der Waals surface area contributed by atoms with Crippen LogP contribution in [0.4, 0.5) is 0 Å². The summed E-state index contributed by atoms with van der Waals surface area (Å²) in [6.07, 6.45) is 26.8. The maximum Gasteiger partial charge on any atom is 0.303 e. The van der Waals surface area contributed by atoms with Crippen LogP contribution in [0.2, 0.25) is 0 Å². The second-order valence-corrected chi connectivity index (χ2v) is 8.29. The summed E-state index contributed by atoms with van der Waals surface area (Å²) in [4.78, 5) is 10.4. The number of nitrogens with two attached hydrogens (primary N) is 1. The number of hydrogen-bond donors (Lipinski definition) is 4. The fourth-order valence-electron chi connectivity index (χ4n) is 3.74. The molecule has 0 aromatic rings. The van der Waals surface area contributed by atoms with E-state index in [-0.39, 0.29) is 0 Å². The molecular weight excluding hydrogens is 350 g/mol. The van der Waals surface area contributed by atoms with Crippen LogP contribution in [0.1, 0.15) is 135 Å². The zero-order valence-corrected chi connectivity index (χ0v) is 18.5. The molecule has 5 heteroatoms. The SMILES string of the molecule is NNNCCCCCCCCCCCCCCCCCCCCCCC(=O)O. The van der Waals surface area contributed by atoms with Crippen molar-refractivity contribution < 1.29 is 9.90 Å². The summed E-state index contributed by atoms with van der Waals surface area (Å²) in [7, 11) is 0. The van der Waals surface area contributed by atoms with Gasteiger partial charge in [0.15, 0.2) is 0 Å². The fourth-order valence-corrected chi connectivity index (χ4v) is 3.74. The third-order valence-corrected chi connectivity index (χ3v) is 5.54. The highest BCUT2D eigenvalue weighted by Crippen LogP contribution is 2.15. The van der Waals surface area contributed by atoms with E-state index in [0.29, 0.717) is 6.42 Å². The van der Waals surface area contributed by atoms with E-state index in [2.05, 4.69) is 11.0 Å². The molecule has 0 heterocycles. The molecule has 0 fully saturated rings. The Morgan fingerprint density at radius 2 is 0.821 bits per heavy atom. The van der Waals surface area contributed by atoms with Gasteiger partial charge < -0.3 is 5.11 Å². The Morgan fingerprint density at radius 3 is 1.11 bits per heavy atom. The summed E-state index contributed by atoms with van der Waals surface area (Å²) >= 11 is 0. The maximum atomic E-state index is 10.4. The molecule has 0 aliphatic rings. The first kappa shape index (κ1) is 27.4. The molecule has 0 bridgehead atoms. The summed E-state index contributed by atoms with van der Waals surface area (Å²) in [6, 6.07) is 0. The molecule has 0 aliphatic carbocycles. The van der Waals surface area contributed by atoms with E-state index in [1.807, 2.05) is 0 Å². The van der Waals surface area contributed by atoms with Crippen LogP contribution in [0.5, 0.6) is 0 Å². The lowest BCUT2D eigenvalue weighted by atomic mass is 10.0. The Kier molecular flexibility index (Phi) is 23.8. The summed E-state index contributed by atoms with van der Waals surface area (Å²) in [5.74, 6) is 4.49. The molecule has 0 radical (unpaired) electrons. The fraction of sp³-hybridized carbons (Fsp3) is 0.957. The van der Waals surface area contributed by atoms with Gasteiger partial charge in [0.05, 0.1) is 0 Å². The topological polar surface area (TPSA) is 87.4 Å². The highest BCUT2D eigenvalue weighted by Gasteiger charge is 1.97. The van der Waals surface area contributed by atoms with Crippen LogP contribution in [-0.2, 0) is 4.79 Å². The van der Waals surface area contributed by atoms with Gasteiger partial charge >= 0.3 is 5.97 Å². The summed E-state index contributed by atoms with van der Waals surface area (Å²) in [5, 5.41) is 8.58. The molecule has 0 saturated carbocycles. The van der Waals surface area contributed by atoms with Crippen molar-refractivity contribution in [3.63, 3.8) is 0 Å². The Balaban J connectivity index is 2.99. The number of hydrazine groups is 2. The zero-order valence-electron chi connectivity index (χ0n) is 18.5. The van der Waals surface area contributed by atoms with Crippen molar-refractivity contribution in [2.45, 2.75) is 135 Å². The van der Waals surface area contributed by atoms with E-state index in [4.69, 9.17) is 10.9 Å². The molecule has 0 unspecified atom stereocenters. The van der Waals surface area contributed by atoms with Crippen LogP contribution < -0.4 is 16.8 Å². The third kappa shape index (κ3) is 25.4. The quantitative estimate of drug-likeness (QED) is 0.0877. The molecule has 0 aliphatic heterocycles. The van der Waals surface area contributed by atoms with Crippen LogP contribution in [0.15, 0.2) is 0 Å². The van der Waals surface area contributed by atoms with Gasteiger partial charge in [0, 0.05) is 13.0 Å². The summed E-state index contributed by atoms with van der Waals surface area (Å²) < 4.78 is 0. The Hall–Kier alpha value is -0.650. The Morgan fingerprint density at radius 1 is 0.536 bits per heavy atom. The molecular formula is C23H49N3O2. The third-order valence-electron chi connectivity index (χ3n) is 5.54. The maximum absolute atomic E-state index is 10.4. The molecule has 0 aromatic carbocycles. The first-order chi connectivity index (χ1) is 13.8. The number of carbonyl (C=O) groups is 1. The number of unbranched alkanes of at least 4 members (excludes halogenated alkanes) is 19. The van der Waals surface area contributed by atoms with Gasteiger partial charge in [-0.3, -0.25) is 10.6 Å². The number of rotatable bonds is 24. The van der Waals surface area contributed by atoms with Gasteiger partial charge in [-0.15, -0.1) is 0 Å². The van der Waals surface area contributed by atoms with Crippen molar-refractivity contribution in [3.8, 4) is 0 Å². The molecule has 0 rings (SSSR count). The molecule has 168 valence electrons. The first-order valence-electron chi connectivity index (χ1n) is 12.2. The van der Waals surface area contributed by atoms with E-state index in [1.54, 1.807) is 0 Å². The molecule has 0 aromatic heterocycles. The monoisotopic (exact) mass is 399 g/mol. The summed E-state index contributed by atoms with van der Waals surface area (Å²) in [6.45, 7) is 0.965. The average molecular weight is 400 g/mol. The van der Waals surface area contributed by atoms with Crippen molar-refractivity contribution in [2.24, 2.45) is 5.84 Å². The van der Waals surface area contributed by atoms with Crippen molar-refractivity contribution >= 4 is 5.97 Å². The second-order valence-electron chi connectivity index (χ2n) is 8.29. The smallest absolute Gasteiger partial charge is 0.303 e. The van der Waals surface area contributed by atoms with Crippen LogP contribution in [0.25, 0.3) is 0 Å². The van der Waals surface area contributed by atoms with E-state index in [1.165, 1.54) is 116 Å². The van der Waals surface area contributed by atoms with Crippen LogP contribution in [-0.4, -0.2) is 17.6 Å². The largest absolute Gasteiger partial charge is 0.481 e. The molecule has 0 saturated heterocycles. The molecule has 0 spiro atoms. The van der Waals surface area contributed by atoms with Gasteiger partial charge in [-0.2, -0.15) is 5.53 Å². The van der Waals surface area contributed by atoms with Crippen molar-refractivity contribution in [3.05, 3.63) is 0 Å². The van der Waals surface area contributed by atoms with Gasteiger partial charge in [0.1, 0.15) is 0 Å². The van der Waals surface area contributed by atoms with Crippen LogP contribution in [0, 0.1) is 0 Å². The normalized spacial score (nSPS) is 11.2. The Labute approximate surface area is 174 Å². The number of aliphatic carboxylic acids is 1. The first-order valence-corrected chi connectivity index (χ1v) is 12.2. The Bertz CT molecular complexity index is 314. The molecule has 0 atom stereocenters. The van der Waals surface area contributed by atoms with Gasteiger partial charge in [-0.25, -0.2) is 5.43 Å². The number of carboxylic acids is 1. The van der Waals surface area contributed by atoms with Crippen molar-refractivity contribution in [2.75, 3.05) is 6.54 Å². The van der Waals surface area contributed by atoms with Gasteiger partial charge in [0.25, 0.3) is 0 Å². The molecule has 0 amide bonds. The molecule has 5 N–H and O–H groups in total. The van der Waals surface area contributed by atoms with E-state index in [9.17, 15) is 4.79 Å². The average Bonchev–Trinajstić information content (AvgIpc) is 2.68. The predicted octanol–water partition coefficient (Wildman–Crippen LogP) is 6.23. The highest BCUT2D eigenvalue weighted by atomic mass is 16.4. The zero-order chi connectivity index (χ0) is 20.5. The number of hydrogen-bond acceptors (Lipinski definition) is 4. The summed E-state index contributed by atoms with van der Waals surface area (Å²) in [5.41, 5.74) is 5.39. The van der Waals surface area contributed by atoms with Gasteiger partial charge in [-0.05, 0) is 12.8 Å². The molecule has 28 heavy (non-hydrogen) atoms. The minimum atomic E-state index is -0.656. The standard InChI is InChI=1S/C23H49N3O2/c24-26-25-22-20-18-16-14-12-10-8-6-4-2-1-3-5-7-9-11-13-15-17-19-21-23(27)28/h25-26H,1-22,24H2,(H,27,28). The predicted molar refractivity (Wildman–Crippen MR) is 120 cm³/mol. The van der Waals surface area contributed by atoms with Crippen LogP contribution in [0.3, 0.4) is 0 Å². The van der Waals surface area contributed by atoms with Crippen LogP contribution >= 0.6 is 0 Å². The van der Waals surface area contributed by atoms with E-state index in [0.717, 1.165) is 19.4 Å². The lowest BCUT2D eigenvalue weighted by molar-refractivity contribution is -0.137. The lowest BCUT2D eigenvalue weighted by Crippen LogP contribution is -2.38. The van der Waals surface area contributed by atoms with E-state index >= 15 is 0 Å². The van der Waals surface area contributed by atoms with E-state index < -0.39 is 5.97 Å². The number of nitrogens with one attached hydrogen (secondary N) is 2. The number of carboxylic acid groups (broad SMARTS) is 1. The minimum absolute atomic E-state index is 0.340.